The lowest BCUT2D eigenvalue weighted by Crippen LogP contribution is -2.07. The summed E-state index contributed by atoms with van der Waals surface area (Å²) < 4.78 is 0. The Kier molecular flexibility index (Phi) is 4.22. The zero-order valence-electron chi connectivity index (χ0n) is 12.1. The third-order valence-electron chi connectivity index (χ3n) is 3.17. The van der Waals surface area contributed by atoms with E-state index in [-0.39, 0.29) is 0 Å². The van der Waals surface area contributed by atoms with E-state index >= 15 is 0 Å². The van der Waals surface area contributed by atoms with E-state index in [1.165, 1.54) is 0 Å². The number of benzene rings is 2. The first-order valence-corrected chi connectivity index (χ1v) is 6.56. The molecule has 0 N–H and O–H groups in total. The van der Waals surface area contributed by atoms with Crippen LogP contribution in [0.25, 0.3) is 11.6 Å². The topological polar surface area (TPSA) is 27.0 Å². The van der Waals surface area contributed by atoms with Gasteiger partial charge < -0.3 is 4.90 Å². The van der Waals surface area contributed by atoms with Crippen molar-refractivity contribution in [2.75, 3.05) is 19.0 Å². The highest BCUT2D eigenvalue weighted by Crippen LogP contribution is 2.20. The molecule has 100 valence electrons. The summed E-state index contributed by atoms with van der Waals surface area (Å²) in [7, 11) is 4.02. The van der Waals surface area contributed by atoms with Gasteiger partial charge in [0.1, 0.15) is 0 Å². The minimum atomic E-state index is 0.686. The van der Waals surface area contributed by atoms with E-state index in [1.54, 1.807) is 0 Å². The van der Waals surface area contributed by atoms with Crippen LogP contribution < -0.4 is 4.90 Å². The molecule has 2 aromatic rings. The third-order valence-corrected chi connectivity index (χ3v) is 3.17. The van der Waals surface area contributed by atoms with Crippen molar-refractivity contribution in [3.05, 3.63) is 65.2 Å². The van der Waals surface area contributed by atoms with Crippen LogP contribution in [0.2, 0.25) is 0 Å². The van der Waals surface area contributed by atoms with Gasteiger partial charge in [0, 0.05) is 19.8 Å². The molecule has 0 radical (unpaired) electrons. The fourth-order valence-corrected chi connectivity index (χ4v) is 2.03. The zero-order valence-corrected chi connectivity index (χ0v) is 12.1. The Hall–Kier alpha value is -2.53. The summed E-state index contributed by atoms with van der Waals surface area (Å²) >= 11 is 0. The van der Waals surface area contributed by atoms with E-state index in [9.17, 15) is 5.26 Å². The van der Waals surface area contributed by atoms with E-state index in [1.807, 2.05) is 63.5 Å². The molecule has 2 aromatic carbocycles. The molecule has 0 atom stereocenters. The van der Waals surface area contributed by atoms with Gasteiger partial charge in [0.2, 0.25) is 0 Å². The monoisotopic (exact) mass is 262 g/mol. The van der Waals surface area contributed by atoms with Crippen molar-refractivity contribution in [1.29, 1.82) is 5.26 Å². The van der Waals surface area contributed by atoms with Crippen LogP contribution in [0.5, 0.6) is 0 Å². The molecular formula is C18H18N2. The Balaban J connectivity index is 2.34. The molecular weight excluding hydrogens is 244 g/mol. The van der Waals surface area contributed by atoms with Crippen LogP contribution in [0.4, 0.5) is 5.69 Å². The molecule has 0 fully saturated rings. The van der Waals surface area contributed by atoms with Crippen molar-refractivity contribution >= 4 is 17.3 Å². The van der Waals surface area contributed by atoms with E-state index < -0.39 is 0 Å². The fourth-order valence-electron chi connectivity index (χ4n) is 2.03. The molecule has 0 bridgehead atoms. The molecule has 0 saturated heterocycles. The number of hydrogen-bond acceptors (Lipinski definition) is 2. The first-order valence-electron chi connectivity index (χ1n) is 6.56. The molecule has 0 aliphatic heterocycles. The molecule has 2 heteroatoms. The largest absolute Gasteiger partial charge is 0.378 e. The Bertz CT molecular complexity index is 659. The molecule has 20 heavy (non-hydrogen) atoms. The average molecular weight is 262 g/mol. The number of nitriles is 1. The molecule has 0 heterocycles. The minimum absolute atomic E-state index is 0.686. The second kappa shape index (κ2) is 6.08. The van der Waals surface area contributed by atoms with E-state index in [0.29, 0.717) is 5.57 Å². The maximum absolute atomic E-state index is 9.35. The van der Waals surface area contributed by atoms with Crippen molar-refractivity contribution < 1.29 is 0 Å². The molecule has 2 nitrogen and oxygen atoms in total. The smallest absolute Gasteiger partial charge is 0.0998 e. The minimum Gasteiger partial charge on any atom is -0.378 e. The van der Waals surface area contributed by atoms with Gasteiger partial charge in [-0.05, 0) is 36.3 Å². The van der Waals surface area contributed by atoms with Gasteiger partial charge in [-0.3, -0.25) is 0 Å². The number of nitrogens with zero attached hydrogens (tertiary/aromatic N) is 2. The van der Waals surface area contributed by atoms with Crippen molar-refractivity contribution in [2.24, 2.45) is 0 Å². The molecule has 0 aliphatic carbocycles. The molecule has 2 rings (SSSR count). The Labute approximate surface area is 120 Å². The second-order valence-electron chi connectivity index (χ2n) is 5.03. The van der Waals surface area contributed by atoms with Crippen molar-refractivity contribution in [3.63, 3.8) is 0 Å². The third kappa shape index (κ3) is 3.27. The number of aryl methyl sites for hydroxylation is 1. The van der Waals surface area contributed by atoms with Gasteiger partial charge in [-0.2, -0.15) is 5.26 Å². The summed E-state index contributed by atoms with van der Waals surface area (Å²) in [6.45, 7) is 2.03. The lowest BCUT2D eigenvalue weighted by Gasteiger charge is -2.12. The maximum Gasteiger partial charge on any atom is 0.0998 e. The second-order valence-corrected chi connectivity index (χ2v) is 5.03. The molecule has 0 unspecified atom stereocenters. The predicted molar refractivity (Wildman–Crippen MR) is 85.4 cm³/mol. The maximum atomic E-state index is 9.35. The van der Waals surface area contributed by atoms with Gasteiger partial charge in [0.25, 0.3) is 0 Å². The molecule has 0 saturated carbocycles. The van der Waals surface area contributed by atoms with Gasteiger partial charge in [-0.15, -0.1) is 0 Å². The fraction of sp³-hybridized carbons (Fsp3) is 0.167. The summed E-state index contributed by atoms with van der Waals surface area (Å²) in [6, 6.07) is 18.5. The highest BCUT2D eigenvalue weighted by atomic mass is 15.1. The number of allylic oxidation sites excluding steroid dienone is 1. The SMILES string of the molecule is Cc1cccc(/C(C#N)=C\c2ccc(N(C)C)cc2)c1. The van der Waals surface area contributed by atoms with Crippen molar-refractivity contribution in [3.8, 4) is 6.07 Å². The number of rotatable bonds is 3. The summed E-state index contributed by atoms with van der Waals surface area (Å²) in [6.07, 6.45) is 1.92. The number of anilines is 1. The molecule has 0 amide bonds. The summed E-state index contributed by atoms with van der Waals surface area (Å²) in [5.74, 6) is 0. The highest BCUT2D eigenvalue weighted by molar-refractivity contribution is 5.89. The van der Waals surface area contributed by atoms with Crippen LogP contribution in [0.3, 0.4) is 0 Å². The first-order chi connectivity index (χ1) is 9.60. The van der Waals surface area contributed by atoms with Crippen LogP contribution in [-0.4, -0.2) is 14.1 Å². The van der Waals surface area contributed by atoms with Gasteiger partial charge >= 0.3 is 0 Å². The van der Waals surface area contributed by atoms with E-state index in [0.717, 1.165) is 22.4 Å². The van der Waals surface area contributed by atoms with Crippen LogP contribution in [0, 0.1) is 18.3 Å². The predicted octanol–water partition coefficient (Wildman–Crippen LogP) is 4.13. The summed E-state index contributed by atoms with van der Waals surface area (Å²) in [5.41, 5.74) is 4.99. The lowest BCUT2D eigenvalue weighted by molar-refractivity contribution is 1.13. The van der Waals surface area contributed by atoms with Crippen LogP contribution in [0.1, 0.15) is 16.7 Å². The molecule has 0 aromatic heterocycles. The highest BCUT2D eigenvalue weighted by Gasteiger charge is 2.01. The van der Waals surface area contributed by atoms with Crippen molar-refractivity contribution in [2.45, 2.75) is 6.92 Å². The van der Waals surface area contributed by atoms with Crippen LogP contribution in [-0.2, 0) is 0 Å². The Morgan fingerprint density at radius 1 is 1.10 bits per heavy atom. The summed E-state index contributed by atoms with van der Waals surface area (Å²) in [5, 5.41) is 9.35. The Morgan fingerprint density at radius 2 is 1.80 bits per heavy atom. The quantitative estimate of drug-likeness (QED) is 0.614. The first kappa shape index (κ1) is 13.9. The van der Waals surface area contributed by atoms with Gasteiger partial charge in [0.05, 0.1) is 11.6 Å². The normalized spacial score (nSPS) is 11.0. The molecule has 0 spiro atoms. The van der Waals surface area contributed by atoms with Crippen molar-refractivity contribution in [1.82, 2.24) is 0 Å². The van der Waals surface area contributed by atoms with Crippen LogP contribution in [0.15, 0.2) is 48.5 Å². The molecule has 0 aliphatic rings. The van der Waals surface area contributed by atoms with E-state index in [4.69, 9.17) is 0 Å². The van der Waals surface area contributed by atoms with Crippen LogP contribution >= 0.6 is 0 Å². The van der Waals surface area contributed by atoms with Gasteiger partial charge in [0.15, 0.2) is 0 Å². The standard InChI is InChI=1S/C18H18N2/c1-14-5-4-6-16(11-14)17(13-19)12-15-7-9-18(10-8-15)20(2)3/h4-12H,1-3H3/b17-12-. The van der Waals surface area contributed by atoms with Gasteiger partial charge in [-0.1, -0.05) is 42.0 Å². The number of hydrogen-bond donors (Lipinski definition) is 0. The Morgan fingerprint density at radius 3 is 2.35 bits per heavy atom. The summed E-state index contributed by atoms with van der Waals surface area (Å²) in [4.78, 5) is 2.05. The average Bonchev–Trinajstić information content (AvgIpc) is 2.45. The van der Waals surface area contributed by atoms with E-state index in [2.05, 4.69) is 23.1 Å². The lowest BCUT2D eigenvalue weighted by atomic mass is 10.0. The van der Waals surface area contributed by atoms with Gasteiger partial charge in [-0.25, -0.2) is 0 Å². The zero-order chi connectivity index (χ0) is 14.5.